The number of piperidine rings is 2. The third-order valence-electron chi connectivity index (χ3n) is 6.71. The van der Waals surface area contributed by atoms with E-state index in [0.717, 1.165) is 23.2 Å². The number of benzene rings is 1. The molecule has 2 aromatic heterocycles. The lowest BCUT2D eigenvalue weighted by atomic mass is 9.89. The van der Waals surface area contributed by atoms with Crippen LogP contribution in [0, 0.1) is 0 Å². The summed E-state index contributed by atoms with van der Waals surface area (Å²) in [6, 6.07) is 6.76. The molecule has 3 aromatic rings. The van der Waals surface area contributed by atoms with Gasteiger partial charge >= 0.3 is 6.36 Å². The van der Waals surface area contributed by atoms with Gasteiger partial charge in [-0.05, 0) is 54.7 Å². The molecule has 2 saturated heterocycles. The number of hydrogen-bond donors (Lipinski definition) is 2. The molecule has 0 saturated carbocycles. The van der Waals surface area contributed by atoms with Gasteiger partial charge in [-0.25, -0.2) is 18.7 Å². The molecule has 12 heteroatoms. The number of ether oxygens (including phenoxy) is 1. The monoisotopic (exact) mass is 509 g/mol. The average molecular weight is 509 g/mol. The van der Waals surface area contributed by atoms with Crippen molar-refractivity contribution in [3.8, 4) is 5.75 Å². The first-order chi connectivity index (χ1) is 17.1. The van der Waals surface area contributed by atoms with Gasteiger partial charge in [0.1, 0.15) is 11.6 Å². The van der Waals surface area contributed by atoms with Gasteiger partial charge in [0.25, 0.3) is 11.8 Å². The Kier molecular flexibility index (Phi) is 6.31. The number of imidazole rings is 1. The minimum atomic E-state index is -4.79. The Labute approximate surface area is 203 Å². The summed E-state index contributed by atoms with van der Waals surface area (Å²) >= 11 is 0. The fourth-order valence-electron chi connectivity index (χ4n) is 4.98. The van der Waals surface area contributed by atoms with Crippen molar-refractivity contribution in [1.29, 1.82) is 0 Å². The predicted molar refractivity (Wildman–Crippen MR) is 120 cm³/mol. The summed E-state index contributed by atoms with van der Waals surface area (Å²) in [5, 5.41) is 2.76. The van der Waals surface area contributed by atoms with Gasteiger partial charge < -0.3 is 19.9 Å². The summed E-state index contributed by atoms with van der Waals surface area (Å²) in [6.45, 7) is 1.01. The van der Waals surface area contributed by atoms with Crippen molar-refractivity contribution >= 4 is 17.1 Å². The zero-order valence-corrected chi connectivity index (χ0v) is 19.1. The van der Waals surface area contributed by atoms with E-state index in [1.165, 1.54) is 12.1 Å². The highest BCUT2D eigenvalue weighted by molar-refractivity contribution is 5.94. The first-order valence-electron chi connectivity index (χ1n) is 11.7. The number of fused-ring (bicyclic) bond motifs is 1. The van der Waals surface area contributed by atoms with Gasteiger partial charge in [0.2, 0.25) is 0 Å². The highest BCUT2D eigenvalue weighted by Gasteiger charge is 2.38. The maximum atomic E-state index is 13.9. The van der Waals surface area contributed by atoms with Gasteiger partial charge in [-0.15, -0.1) is 13.2 Å². The molecule has 0 radical (unpaired) electrons. The van der Waals surface area contributed by atoms with Gasteiger partial charge in [0, 0.05) is 43.7 Å². The van der Waals surface area contributed by atoms with E-state index in [2.05, 4.69) is 25.0 Å². The van der Waals surface area contributed by atoms with Gasteiger partial charge in [-0.2, -0.15) is 0 Å². The molecule has 2 fully saturated rings. The lowest BCUT2D eigenvalue weighted by molar-refractivity contribution is -0.274. The third-order valence-corrected chi connectivity index (χ3v) is 6.71. The van der Waals surface area contributed by atoms with Gasteiger partial charge in [-0.3, -0.25) is 4.79 Å². The van der Waals surface area contributed by atoms with Crippen LogP contribution in [-0.4, -0.2) is 64.2 Å². The number of H-pyrrole nitrogens is 1. The molecule has 7 nitrogen and oxygen atoms in total. The van der Waals surface area contributed by atoms with Crippen LogP contribution in [0.2, 0.25) is 0 Å². The lowest BCUT2D eigenvalue weighted by Crippen LogP contribution is -2.43. The van der Waals surface area contributed by atoms with E-state index < -0.39 is 18.2 Å². The summed E-state index contributed by atoms with van der Waals surface area (Å²) in [7, 11) is 0. The Morgan fingerprint density at radius 2 is 1.81 bits per heavy atom. The molecule has 0 aliphatic carbocycles. The van der Waals surface area contributed by atoms with Crippen LogP contribution < -0.4 is 10.1 Å². The Hall–Kier alpha value is -3.28. The van der Waals surface area contributed by atoms with Crippen LogP contribution in [0.3, 0.4) is 0 Å². The van der Waals surface area contributed by atoms with Crippen LogP contribution in [0.1, 0.15) is 52.8 Å². The molecule has 1 atom stereocenters. The van der Waals surface area contributed by atoms with Crippen molar-refractivity contribution < 1.29 is 31.5 Å². The summed E-state index contributed by atoms with van der Waals surface area (Å²) in [5.41, 5.74) is 2.47. The van der Waals surface area contributed by atoms with Crippen LogP contribution in [-0.2, 0) is 0 Å². The molecular weight excluding hydrogens is 485 g/mol. The molecule has 1 aromatic carbocycles. The molecule has 2 aliphatic rings. The van der Waals surface area contributed by atoms with E-state index in [1.807, 2.05) is 6.07 Å². The first kappa shape index (κ1) is 24.4. The van der Waals surface area contributed by atoms with Gasteiger partial charge in [0.05, 0.1) is 12.1 Å². The van der Waals surface area contributed by atoms with E-state index in [0.29, 0.717) is 43.9 Å². The number of carbonyl (C=O) groups is 1. The maximum Gasteiger partial charge on any atom is 0.573 e. The second-order valence-electron chi connectivity index (χ2n) is 9.25. The quantitative estimate of drug-likeness (QED) is 0.503. The number of carbonyl (C=O) groups excluding carboxylic acids is 1. The molecule has 0 bridgehead atoms. The van der Waals surface area contributed by atoms with E-state index in [1.54, 1.807) is 11.1 Å². The SMILES string of the molecule is O=C(c1ccc(OC(F)(F)F)cc1)N1CCC(c2ccnc3nc([C@@H]4CNCC(F)(F)C4)[nH]c23)CC1. The number of rotatable bonds is 4. The molecule has 36 heavy (non-hydrogen) atoms. The molecular formula is C24H24F5N5O2. The molecule has 0 spiro atoms. The molecule has 5 rings (SSSR count). The average Bonchev–Trinajstić information content (AvgIpc) is 3.27. The van der Waals surface area contributed by atoms with Gasteiger partial charge in [0.15, 0.2) is 5.65 Å². The minimum absolute atomic E-state index is 0.112. The van der Waals surface area contributed by atoms with Crippen LogP contribution in [0.5, 0.6) is 5.75 Å². The van der Waals surface area contributed by atoms with Crippen molar-refractivity contribution in [2.24, 2.45) is 0 Å². The number of alkyl halides is 5. The predicted octanol–water partition coefficient (Wildman–Crippen LogP) is 4.59. The van der Waals surface area contributed by atoms with Crippen LogP contribution in [0.15, 0.2) is 36.5 Å². The number of amides is 1. The topological polar surface area (TPSA) is 83.1 Å². The summed E-state index contributed by atoms with van der Waals surface area (Å²) < 4.78 is 68.7. The van der Waals surface area contributed by atoms with Crippen LogP contribution in [0.4, 0.5) is 22.0 Å². The number of aromatic amines is 1. The Bertz CT molecular complexity index is 1240. The minimum Gasteiger partial charge on any atom is -0.406 e. The molecule has 1 amide bonds. The second-order valence-corrected chi connectivity index (χ2v) is 9.25. The number of hydrogen-bond acceptors (Lipinski definition) is 5. The molecule has 2 aliphatic heterocycles. The molecule has 4 heterocycles. The van der Waals surface area contributed by atoms with Crippen molar-refractivity contribution in [3.63, 3.8) is 0 Å². The van der Waals surface area contributed by atoms with Crippen molar-refractivity contribution in [2.45, 2.75) is 43.4 Å². The Morgan fingerprint density at radius 3 is 2.47 bits per heavy atom. The molecule has 2 N–H and O–H groups in total. The second kappa shape index (κ2) is 9.30. The lowest BCUT2D eigenvalue weighted by Gasteiger charge is -2.32. The number of aromatic nitrogens is 3. The van der Waals surface area contributed by atoms with E-state index in [9.17, 15) is 26.7 Å². The highest BCUT2D eigenvalue weighted by atomic mass is 19.4. The zero-order valence-electron chi connectivity index (χ0n) is 19.1. The summed E-state index contributed by atoms with van der Waals surface area (Å²) in [4.78, 5) is 26.5. The third kappa shape index (κ3) is 5.28. The maximum absolute atomic E-state index is 13.9. The smallest absolute Gasteiger partial charge is 0.406 e. The van der Waals surface area contributed by atoms with Crippen molar-refractivity contribution in [2.75, 3.05) is 26.2 Å². The fourth-order valence-corrected chi connectivity index (χ4v) is 4.98. The Morgan fingerprint density at radius 1 is 1.08 bits per heavy atom. The number of likely N-dealkylation sites (tertiary alicyclic amines) is 1. The van der Waals surface area contributed by atoms with Crippen LogP contribution in [0.25, 0.3) is 11.2 Å². The first-order valence-corrected chi connectivity index (χ1v) is 11.7. The number of halogens is 5. The number of pyridine rings is 1. The summed E-state index contributed by atoms with van der Waals surface area (Å²) in [6.07, 6.45) is -2.09. The van der Waals surface area contributed by atoms with Crippen LogP contribution >= 0.6 is 0 Å². The van der Waals surface area contributed by atoms with Gasteiger partial charge in [-0.1, -0.05) is 0 Å². The molecule has 192 valence electrons. The molecule has 0 unspecified atom stereocenters. The number of nitrogens with zero attached hydrogens (tertiary/aromatic N) is 3. The van der Waals surface area contributed by atoms with E-state index in [4.69, 9.17) is 0 Å². The largest absolute Gasteiger partial charge is 0.573 e. The number of nitrogens with one attached hydrogen (secondary N) is 2. The van der Waals surface area contributed by atoms with Crippen molar-refractivity contribution in [1.82, 2.24) is 25.2 Å². The highest BCUT2D eigenvalue weighted by Crippen LogP contribution is 2.35. The van der Waals surface area contributed by atoms with E-state index in [-0.39, 0.29) is 36.1 Å². The standard InChI is InChI=1S/C24H24F5N5O2/c25-23(26)11-16(12-30-13-23)20-32-19-18(5-8-31-21(19)33-20)14-6-9-34(10-7-14)22(35)15-1-3-17(4-2-15)36-24(27,28)29/h1-5,8,14,16,30H,6-7,9-13H2,(H,31,32,33)/t16-/m0/s1. The fraction of sp³-hybridized carbons (Fsp3) is 0.458. The van der Waals surface area contributed by atoms with Crippen molar-refractivity contribution in [3.05, 3.63) is 53.5 Å². The zero-order chi connectivity index (χ0) is 25.5. The Balaban J connectivity index is 1.26. The van der Waals surface area contributed by atoms with E-state index >= 15 is 0 Å². The normalized spacial score (nSPS) is 21.0. The summed E-state index contributed by atoms with van der Waals surface area (Å²) in [5.74, 6) is -3.28.